The lowest BCUT2D eigenvalue weighted by molar-refractivity contribution is -0.129. The van der Waals surface area contributed by atoms with E-state index in [1.807, 2.05) is 0 Å². The predicted octanol–water partition coefficient (Wildman–Crippen LogP) is 1.43. The third-order valence-electron chi connectivity index (χ3n) is 4.23. The number of H-pyrrole nitrogens is 1. The summed E-state index contributed by atoms with van der Waals surface area (Å²) in [6.45, 7) is 3.04. The van der Waals surface area contributed by atoms with Crippen LogP contribution >= 0.6 is 0 Å². The van der Waals surface area contributed by atoms with E-state index in [9.17, 15) is 14.4 Å². The summed E-state index contributed by atoms with van der Waals surface area (Å²) < 4.78 is 10.5. The number of carbonyl (C=O) groups excluding carboxylic acids is 2. The van der Waals surface area contributed by atoms with Crippen molar-refractivity contribution < 1.29 is 18.7 Å². The van der Waals surface area contributed by atoms with Crippen LogP contribution in [0.2, 0.25) is 0 Å². The highest BCUT2D eigenvalue weighted by Gasteiger charge is 2.27. The Morgan fingerprint density at radius 2 is 2.12 bits per heavy atom. The van der Waals surface area contributed by atoms with Gasteiger partial charge in [0.2, 0.25) is 5.71 Å². The summed E-state index contributed by atoms with van der Waals surface area (Å²) in [4.78, 5) is 42.7. The Labute approximate surface area is 137 Å². The number of aryl methyl sites for hydroxylation is 1. The predicted molar refractivity (Wildman–Crippen MR) is 84.6 cm³/mol. The zero-order valence-electron chi connectivity index (χ0n) is 13.5. The van der Waals surface area contributed by atoms with E-state index in [-0.39, 0.29) is 34.4 Å². The minimum atomic E-state index is -0.960. The minimum absolute atomic E-state index is 0.000124. The summed E-state index contributed by atoms with van der Waals surface area (Å²) in [5.41, 5.74) is -0.432. The summed E-state index contributed by atoms with van der Waals surface area (Å²) in [7, 11) is 0. The Balaban J connectivity index is 1.76. The maximum atomic E-state index is 12.4. The van der Waals surface area contributed by atoms with Crippen LogP contribution in [-0.2, 0) is 9.53 Å². The standard InChI is InChI=1S/C16H19N3O5/c1-8-11(12-14(21)17-7-18-15(12)23-8)16(22)24-9(2)13(20)19-10-5-3-4-6-10/h7,9-10H,3-6H2,1-2H3,(H,19,20)(H,17,18,21). The van der Waals surface area contributed by atoms with Gasteiger partial charge in [-0.3, -0.25) is 9.59 Å². The van der Waals surface area contributed by atoms with E-state index in [1.54, 1.807) is 6.92 Å². The fourth-order valence-corrected chi connectivity index (χ4v) is 2.96. The topological polar surface area (TPSA) is 114 Å². The molecule has 24 heavy (non-hydrogen) atoms. The molecule has 0 radical (unpaired) electrons. The SMILES string of the molecule is Cc1oc2nc[nH]c(=O)c2c1C(=O)OC(C)C(=O)NC1CCCC1. The van der Waals surface area contributed by atoms with Crippen molar-refractivity contribution in [2.24, 2.45) is 0 Å². The molecule has 0 aromatic carbocycles. The summed E-state index contributed by atoms with van der Waals surface area (Å²) in [6, 6.07) is 0.141. The smallest absolute Gasteiger partial charge is 0.343 e. The number of amides is 1. The van der Waals surface area contributed by atoms with E-state index in [0.717, 1.165) is 25.7 Å². The number of esters is 1. The van der Waals surface area contributed by atoms with Gasteiger partial charge in [0, 0.05) is 6.04 Å². The van der Waals surface area contributed by atoms with Gasteiger partial charge in [0.25, 0.3) is 11.5 Å². The fraction of sp³-hybridized carbons (Fsp3) is 0.500. The largest absolute Gasteiger partial charge is 0.449 e. The van der Waals surface area contributed by atoms with Crippen molar-refractivity contribution in [2.45, 2.75) is 51.7 Å². The molecule has 0 spiro atoms. The van der Waals surface area contributed by atoms with Crippen molar-refractivity contribution in [3.63, 3.8) is 0 Å². The van der Waals surface area contributed by atoms with Crippen molar-refractivity contribution in [3.8, 4) is 0 Å². The lowest BCUT2D eigenvalue weighted by Gasteiger charge is -2.17. The maximum absolute atomic E-state index is 12.4. The lowest BCUT2D eigenvalue weighted by Crippen LogP contribution is -2.40. The van der Waals surface area contributed by atoms with Gasteiger partial charge in [0.15, 0.2) is 6.10 Å². The Hall–Kier alpha value is -2.64. The van der Waals surface area contributed by atoms with Crippen LogP contribution in [0.4, 0.5) is 0 Å². The number of nitrogens with one attached hydrogen (secondary N) is 2. The van der Waals surface area contributed by atoms with Crippen LogP contribution in [0.5, 0.6) is 0 Å². The minimum Gasteiger partial charge on any atom is -0.449 e. The van der Waals surface area contributed by atoms with E-state index in [1.165, 1.54) is 13.3 Å². The highest BCUT2D eigenvalue weighted by atomic mass is 16.5. The molecule has 128 valence electrons. The van der Waals surface area contributed by atoms with Crippen LogP contribution < -0.4 is 10.9 Å². The highest BCUT2D eigenvalue weighted by Crippen LogP contribution is 2.22. The second-order valence-corrected chi connectivity index (χ2v) is 5.98. The van der Waals surface area contributed by atoms with Gasteiger partial charge < -0.3 is 19.5 Å². The molecular weight excluding hydrogens is 314 g/mol. The molecule has 3 rings (SSSR count). The van der Waals surface area contributed by atoms with Crippen LogP contribution in [0.25, 0.3) is 11.1 Å². The number of furan rings is 1. The molecule has 0 bridgehead atoms. The lowest BCUT2D eigenvalue weighted by atomic mass is 10.2. The first-order valence-electron chi connectivity index (χ1n) is 7.95. The van der Waals surface area contributed by atoms with Gasteiger partial charge in [-0.15, -0.1) is 0 Å². The van der Waals surface area contributed by atoms with Crippen LogP contribution in [-0.4, -0.2) is 34.0 Å². The molecule has 8 heteroatoms. The Kier molecular flexibility index (Phi) is 4.37. The van der Waals surface area contributed by atoms with Crippen LogP contribution in [0.15, 0.2) is 15.5 Å². The molecule has 8 nitrogen and oxygen atoms in total. The summed E-state index contributed by atoms with van der Waals surface area (Å²) >= 11 is 0. The molecule has 2 N–H and O–H groups in total. The second kappa shape index (κ2) is 6.46. The molecule has 1 aliphatic carbocycles. The molecule has 1 unspecified atom stereocenters. The molecule has 1 amide bonds. The average Bonchev–Trinajstić information content (AvgIpc) is 3.14. The van der Waals surface area contributed by atoms with Crippen molar-refractivity contribution in [1.29, 1.82) is 0 Å². The first-order valence-corrected chi connectivity index (χ1v) is 7.95. The van der Waals surface area contributed by atoms with Crippen LogP contribution in [0.3, 0.4) is 0 Å². The quantitative estimate of drug-likeness (QED) is 0.818. The fourth-order valence-electron chi connectivity index (χ4n) is 2.96. The molecule has 0 aliphatic heterocycles. The molecule has 0 saturated heterocycles. The number of fused-ring (bicyclic) bond motifs is 1. The van der Waals surface area contributed by atoms with Crippen molar-refractivity contribution in [3.05, 3.63) is 28.0 Å². The number of hydrogen-bond acceptors (Lipinski definition) is 6. The number of rotatable bonds is 4. The average molecular weight is 333 g/mol. The number of aromatic nitrogens is 2. The van der Waals surface area contributed by atoms with Crippen molar-refractivity contribution in [1.82, 2.24) is 15.3 Å². The highest BCUT2D eigenvalue weighted by molar-refractivity contribution is 6.04. The molecule has 1 saturated carbocycles. The Bertz CT molecular complexity index is 832. The number of carbonyl (C=O) groups is 2. The molecule has 1 fully saturated rings. The van der Waals surface area contributed by atoms with E-state index < -0.39 is 17.6 Å². The summed E-state index contributed by atoms with van der Waals surface area (Å²) in [5.74, 6) is -0.894. The number of hydrogen-bond donors (Lipinski definition) is 2. The summed E-state index contributed by atoms with van der Waals surface area (Å²) in [6.07, 6.45) is 4.31. The first kappa shape index (κ1) is 16.2. The second-order valence-electron chi connectivity index (χ2n) is 5.98. The van der Waals surface area contributed by atoms with Gasteiger partial charge in [-0.1, -0.05) is 12.8 Å². The zero-order valence-corrected chi connectivity index (χ0v) is 13.5. The number of ether oxygens (including phenoxy) is 1. The summed E-state index contributed by atoms with van der Waals surface area (Å²) in [5, 5.41) is 2.90. The molecule has 2 aromatic heterocycles. The van der Waals surface area contributed by atoms with Gasteiger partial charge in [0.1, 0.15) is 16.7 Å². The van der Waals surface area contributed by atoms with Gasteiger partial charge in [0.05, 0.1) is 6.33 Å². The Morgan fingerprint density at radius 3 is 2.83 bits per heavy atom. The Morgan fingerprint density at radius 1 is 1.42 bits per heavy atom. The van der Waals surface area contributed by atoms with Crippen molar-refractivity contribution >= 4 is 23.0 Å². The first-order chi connectivity index (χ1) is 11.5. The van der Waals surface area contributed by atoms with Crippen LogP contribution in [0.1, 0.15) is 48.7 Å². The van der Waals surface area contributed by atoms with E-state index >= 15 is 0 Å². The van der Waals surface area contributed by atoms with Gasteiger partial charge >= 0.3 is 5.97 Å². The molecule has 1 atom stereocenters. The zero-order chi connectivity index (χ0) is 17.3. The van der Waals surface area contributed by atoms with Gasteiger partial charge in [-0.25, -0.2) is 9.78 Å². The number of nitrogens with zero attached hydrogens (tertiary/aromatic N) is 1. The maximum Gasteiger partial charge on any atom is 0.343 e. The van der Waals surface area contributed by atoms with Crippen molar-refractivity contribution in [2.75, 3.05) is 0 Å². The van der Waals surface area contributed by atoms with E-state index in [2.05, 4.69) is 15.3 Å². The van der Waals surface area contributed by atoms with E-state index in [4.69, 9.17) is 9.15 Å². The normalized spacial score (nSPS) is 16.2. The third kappa shape index (κ3) is 3.04. The third-order valence-corrected chi connectivity index (χ3v) is 4.23. The number of aromatic amines is 1. The molecule has 1 aliphatic rings. The van der Waals surface area contributed by atoms with Crippen LogP contribution in [0, 0.1) is 6.92 Å². The molecule has 2 heterocycles. The molecule has 2 aromatic rings. The molecular formula is C16H19N3O5. The monoisotopic (exact) mass is 333 g/mol. The van der Waals surface area contributed by atoms with Gasteiger partial charge in [-0.2, -0.15) is 0 Å². The van der Waals surface area contributed by atoms with E-state index in [0.29, 0.717) is 0 Å². The van der Waals surface area contributed by atoms with Gasteiger partial charge in [-0.05, 0) is 26.7 Å².